The van der Waals surface area contributed by atoms with Crippen molar-refractivity contribution in [3.63, 3.8) is 0 Å². The van der Waals surface area contributed by atoms with Gasteiger partial charge in [0, 0.05) is 26.7 Å². The Kier molecular flexibility index (Phi) is 5.27. The van der Waals surface area contributed by atoms with Crippen LogP contribution < -0.4 is 10.6 Å². The summed E-state index contributed by atoms with van der Waals surface area (Å²) in [7, 11) is -1.36. The number of piperazine rings is 1. The lowest BCUT2D eigenvalue weighted by molar-refractivity contribution is -0.140. The van der Waals surface area contributed by atoms with Gasteiger partial charge in [0.25, 0.3) is 0 Å². The number of carbonyl (C=O) groups is 2. The molecule has 2 unspecified atom stereocenters. The minimum atomic E-state index is -3.92. The van der Waals surface area contributed by atoms with Crippen molar-refractivity contribution in [2.75, 3.05) is 33.8 Å². The number of ether oxygens (including phenoxy) is 1. The van der Waals surface area contributed by atoms with Gasteiger partial charge in [0.1, 0.15) is 6.04 Å². The van der Waals surface area contributed by atoms with Crippen LogP contribution in [0.2, 0.25) is 0 Å². The predicted molar refractivity (Wildman–Crippen MR) is 67.8 cm³/mol. The predicted octanol–water partition coefficient (Wildman–Crippen LogP) is -2.10. The van der Waals surface area contributed by atoms with Crippen LogP contribution >= 0.6 is 0 Å². The molecule has 0 spiro atoms. The third-order valence-electron chi connectivity index (χ3n) is 3.05. The van der Waals surface area contributed by atoms with E-state index in [1.54, 1.807) is 0 Å². The standard InChI is InChI=1S/C10H19N3O5S/c1-7(10(15)18-3)19(16,17)13-5-4-12-6-8(13)9(14)11-2/h7-8,12H,4-6H2,1-3H3,(H,11,14). The van der Waals surface area contributed by atoms with Crippen molar-refractivity contribution in [1.82, 2.24) is 14.9 Å². The summed E-state index contributed by atoms with van der Waals surface area (Å²) < 4.78 is 30.2. The second-order valence-corrected chi connectivity index (χ2v) is 6.36. The van der Waals surface area contributed by atoms with Gasteiger partial charge in [-0.25, -0.2) is 8.42 Å². The molecule has 0 aliphatic carbocycles. The number of nitrogens with one attached hydrogen (secondary N) is 2. The zero-order valence-corrected chi connectivity index (χ0v) is 12.0. The lowest BCUT2D eigenvalue weighted by Crippen LogP contribution is -2.61. The highest BCUT2D eigenvalue weighted by atomic mass is 32.2. The van der Waals surface area contributed by atoms with Gasteiger partial charge in [-0.05, 0) is 6.92 Å². The lowest BCUT2D eigenvalue weighted by Gasteiger charge is -2.34. The fourth-order valence-corrected chi connectivity index (χ4v) is 3.49. The molecule has 19 heavy (non-hydrogen) atoms. The maximum Gasteiger partial charge on any atom is 0.325 e. The summed E-state index contributed by atoms with van der Waals surface area (Å²) in [5.41, 5.74) is 0. The molecular weight excluding hydrogens is 274 g/mol. The number of hydrogen-bond donors (Lipinski definition) is 2. The quantitative estimate of drug-likeness (QED) is 0.575. The van der Waals surface area contributed by atoms with E-state index in [0.717, 1.165) is 11.4 Å². The Bertz CT molecular complexity index is 450. The number of methoxy groups -OCH3 is 1. The Morgan fingerprint density at radius 1 is 1.47 bits per heavy atom. The maximum atomic E-state index is 12.3. The van der Waals surface area contributed by atoms with Crippen molar-refractivity contribution < 1.29 is 22.7 Å². The van der Waals surface area contributed by atoms with Crippen LogP contribution in [0.1, 0.15) is 6.92 Å². The third kappa shape index (κ3) is 3.23. The van der Waals surface area contributed by atoms with Crippen molar-refractivity contribution in [3.8, 4) is 0 Å². The number of hydrogen-bond acceptors (Lipinski definition) is 6. The fraction of sp³-hybridized carbons (Fsp3) is 0.800. The van der Waals surface area contributed by atoms with E-state index in [1.165, 1.54) is 14.0 Å². The number of nitrogens with zero attached hydrogens (tertiary/aromatic N) is 1. The summed E-state index contributed by atoms with van der Waals surface area (Å²) >= 11 is 0. The largest absolute Gasteiger partial charge is 0.468 e. The van der Waals surface area contributed by atoms with Crippen LogP contribution in [-0.2, 0) is 24.3 Å². The SMILES string of the molecule is CNC(=O)C1CNCCN1S(=O)(=O)C(C)C(=O)OC. The van der Waals surface area contributed by atoms with Gasteiger partial charge in [-0.2, -0.15) is 4.31 Å². The van der Waals surface area contributed by atoms with Crippen LogP contribution in [-0.4, -0.2) is 69.7 Å². The highest BCUT2D eigenvalue weighted by Crippen LogP contribution is 2.16. The van der Waals surface area contributed by atoms with Crippen molar-refractivity contribution >= 4 is 21.9 Å². The molecule has 0 aromatic heterocycles. The van der Waals surface area contributed by atoms with Gasteiger partial charge in [-0.15, -0.1) is 0 Å². The van der Waals surface area contributed by atoms with E-state index < -0.39 is 33.2 Å². The molecular formula is C10H19N3O5S. The molecule has 110 valence electrons. The fourth-order valence-electron chi connectivity index (χ4n) is 1.87. The van der Waals surface area contributed by atoms with Gasteiger partial charge in [-0.1, -0.05) is 0 Å². The number of rotatable bonds is 4. The first-order valence-electron chi connectivity index (χ1n) is 5.87. The monoisotopic (exact) mass is 293 g/mol. The van der Waals surface area contributed by atoms with E-state index in [1.807, 2.05) is 0 Å². The smallest absolute Gasteiger partial charge is 0.325 e. The molecule has 2 atom stereocenters. The lowest BCUT2D eigenvalue weighted by atomic mass is 10.2. The molecule has 8 nitrogen and oxygen atoms in total. The minimum Gasteiger partial charge on any atom is -0.468 e. The Labute approximate surface area is 112 Å². The number of amides is 1. The first-order valence-corrected chi connectivity index (χ1v) is 7.37. The van der Waals surface area contributed by atoms with Crippen LogP contribution in [0.15, 0.2) is 0 Å². The van der Waals surface area contributed by atoms with Gasteiger partial charge < -0.3 is 15.4 Å². The molecule has 0 aromatic rings. The molecule has 0 saturated carbocycles. The van der Waals surface area contributed by atoms with E-state index in [-0.39, 0.29) is 13.1 Å². The number of likely N-dealkylation sites (N-methyl/N-ethyl adjacent to an activating group) is 1. The van der Waals surface area contributed by atoms with E-state index in [0.29, 0.717) is 6.54 Å². The van der Waals surface area contributed by atoms with Crippen molar-refractivity contribution in [3.05, 3.63) is 0 Å². The summed E-state index contributed by atoms with van der Waals surface area (Å²) in [5, 5.41) is 4.04. The van der Waals surface area contributed by atoms with Crippen LogP contribution in [0.5, 0.6) is 0 Å². The van der Waals surface area contributed by atoms with Crippen molar-refractivity contribution in [2.45, 2.75) is 18.2 Å². The summed E-state index contributed by atoms with van der Waals surface area (Å²) in [4.78, 5) is 23.1. The third-order valence-corrected chi connectivity index (χ3v) is 5.23. The molecule has 1 saturated heterocycles. The molecule has 1 fully saturated rings. The Hall–Kier alpha value is -1.19. The van der Waals surface area contributed by atoms with Crippen LogP contribution in [0.4, 0.5) is 0 Å². The first-order chi connectivity index (χ1) is 8.86. The van der Waals surface area contributed by atoms with Gasteiger partial charge in [0.15, 0.2) is 5.25 Å². The molecule has 1 rings (SSSR count). The zero-order valence-electron chi connectivity index (χ0n) is 11.2. The topological polar surface area (TPSA) is 105 Å². The number of esters is 1. The molecule has 0 bridgehead atoms. The maximum absolute atomic E-state index is 12.3. The number of sulfonamides is 1. The molecule has 0 aromatic carbocycles. The molecule has 9 heteroatoms. The van der Waals surface area contributed by atoms with Crippen LogP contribution in [0, 0.1) is 0 Å². The Balaban J connectivity index is 3.02. The first kappa shape index (κ1) is 15.9. The van der Waals surface area contributed by atoms with E-state index in [9.17, 15) is 18.0 Å². The molecule has 2 N–H and O–H groups in total. The minimum absolute atomic E-state index is 0.141. The zero-order chi connectivity index (χ0) is 14.6. The van der Waals surface area contributed by atoms with Gasteiger partial charge in [0.05, 0.1) is 7.11 Å². The highest BCUT2D eigenvalue weighted by molar-refractivity contribution is 7.90. The summed E-state index contributed by atoms with van der Waals surface area (Å²) in [6.07, 6.45) is 0. The highest BCUT2D eigenvalue weighted by Gasteiger charge is 2.42. The molecule has 1 heterocycles. The van der Waals surface area contributed by atoms with E-state index in [4.69, 9.17) is 0 Å². The molecule has 0 radical (unpaired) electrons. The van der Waals surface area contributed by atoms with Crippen molar-refractivity contribution in [1.29, 1.82) is 0 Å². The normalized spacial score (nSPS) is 22.6. The Morgan fingerprint density at radius 2 is 2.11 bits per heavy atom. The van der Waals surface area contributed by atoms with Gasteiger partial charge >= 0.3 is 5.97 Å². The van der Waals surface area contributed by atoms with Crippen LogP contribution in [0.25, 0.3) is 0 Å². The Morgan fingerprint density at radius 3 is 2.63 bits per heavy atom. The second kappa shape index (κ2) is 6.31. The average molecular weight is 293 g/mol. The van der Waals surface area contributed by atoms with Crippen molar-refractivity contribution in [2.24, 2.45) is 0 Å². The molecule has 1 amide bonds. The number of carbonyl (C=O) groups excluding carboxylic acids is 2. The van der Waals surface area contributed by atoms with E-state index in [2.05, 4.69) is 15.4 Å². The van der Waals surface area contributed by atoms with Crippen LogP contribution in [0.3, 0.4) is 0 Å². The van der Waals surface area contributed by atoms with Gasteiger partial charge in [-0.3, -0.25) is 9.59 Å². The summed E-state index contributed by atoms with van der Waals surface area (Å²) in [5.74, 6) is -1.25. The average Bonchev–Trinajstić information content (AvgIpc) is 2.44. The summed E-state index contributed by atoms with van der Waals surface area (Å²) in [6.45, 7) is 2.04. The summed E-state index contributed by atoms with van der Waals surface area (Å²) in [6, 6.07) is -0.851. The second-order valence-electron chi connectivity index (χ2n) is 4.16. The van der Waals surface area contributed by atoms with Gasteiger partial charge in [0.2, 0.25) is 15.9 Å². The van der Waals surface area contributed by atoms with E-state index >= 15 is 0 Å². The molecule has 1 aliphatic heterocycles. The molecule has 1 aliphatic rings.